The molecular weight excluding hydrogens is 268 g/mol. The lowest BCUT2D eigenvalue weighted by Gasteiger charge is -2.28. The molecule has 7 heteroatoms. The predicted octanol–water partition coefficient (Wildman–Crippen LogP) is 3.34. The third-order valence-corrected chi connectivity index (χ3v) is 3.95. The van der Waals surface area contributed by atoms with E-state index in [0.29, 0.717) is 0 Å². The molecule has 1 atom stereocenters. The summed E-state index contributed by atoms with van der Waals surface area (Å²) >= 11 is 5.80. The summed E-state index contributed by atoms with van der Waals surface area (Å²) in [4.78, 5) is 18.5. The van der Waals surface area contributed by atoms with Crippen LogP contribution in [0.3, 0.4) is 0 Å². The average Bonchev–Trinajstić information content (AvgIpc) is 2.56. The Hall–Kier alpha value is -1.43. The predicted molar refractivity (Wildman–Crippen MR) is 73.5 cm³/mol. The highest BCUT2D eigenvalue weighted by Crippen LogP contribution is 2.40. The lowest BCUT2D eigenvalue weighted by molar-refractivity contribution is -0.385. The van der Waals surface area contributed by atoms with E-state index in [-0.39, 0.29) is 33.9 Å². The van der Waals surface area contributed by atoms with Crippen molar-refractivity contribution in [2.24, 2.45) is 5.41 Å². The fourth-order valence-electron chi connectivity index (χ4n) is 2.61. The number of hydrogen-bond donors (Lipinski definition) is 1. The van der Waals surface area contributed by atoms with E-state index < -0.39 is 4.92 Å². The van der Waals surface area contributed by atoms with Gasteiger partial charge in [-0.2, -0.15) is 4.98 Å². The maximum Gasteiger partial charge on any atom is 0.332 e. The molecule has 1 aliphatic rings. The molecule has 0 spiro atoms. The lowest BCUT2D eigenvalue weighted by atomic mass is 9.87. The maximum atomic E-state index is 11.1. The molecule has 1 fully saturated rings. The summed E-state index contributed by atoms with van der Waals surface area (Å²) in [6.07, 6.45) is 3.18. The van der Waals surface area contributed by atoms with Gasteiger partial charge in [-0.25, -0.2) is 4.98 Å². The Morgan fingerprint density at radius 1 is 1.47 bits per heavy atom. The first kappa shape index (κ1) is 14.0. The first-order chi connectivity index (χ1) is 8.81. The van der Waals surface area contributed by atoms with Crippen LogP contribution in [0.4, 0.5) is 11.5 Å². The van der Waals surface area contributed by atoms with Gasteiger partial charge in [-0.1, -0.05) is 20.3 Å². The molecular formula is C12H17ClN4O2. The molecule has 1 N–H and O–H groups in total. The van der Waals surface area contributed by atoms with Crippen molar-refractivity contribution in [2.45, 2.75) is 46.1 Å². The Balaban J connectivity index is 2.37. The number of hydrogen-bond acceptors (Lipinski definition) is 5. The normalized spacial score (nSPS) is 21.4. The summed E-state index contributed by atoms with van der Waals surface area (Å²) in [5.74, 6) is 0.225. The minimum atomic E-state index is -0.462. The summed E-state index contributed by atoms with van der Waals surface area (Å²) < 4.78 is 0. The monoisotopic (exact) mass is 284 g/mol. The van der Waals surface area contributed by atoms with Gasteiger partial charge in [0.1, 0.15) is 5.69 Å². The van der Waals surface area contributed by atoms with Gasteiger partial charge in [0.05, 0.1) is 4.92 Å². The van der Waals surface area contributed by atoms with Crippen LogP contribution >= 0.6 is 11.6 Å². The zero-order valence-electron chi connectivity index (χ0n) is 11.2. The standard InChI is InChI=1S/C12H17ClN4O2/c1-7-9(17(18)19)10(16-11(13)14-7)15-8-5-4-6-12(8,2)3/h8H,4-6H2,1-3H3,(H,14,15,16). The molecule has 1 aliphatic carbocycles. The van der Waals surface area contributed by atoms with E-state index in [9.17, 15) is 10.1 Å². The van der Waals surface area contributed by atoms with Crippen molar-refractivity contribution in [3.63, 3.8) is 0 Å². The SMILES string of the molecule is Cc1nc(Cl)nc(NC2CCCC2(C)C)c1[N+](=O)[O-]. The number of aryl methyl sites for hydroxylation is 1. The van der Waals surface area contributed by atoms with Crippen LogP contribution in [0.25, 0.3) is 0 Å². The van der Waals surface area contributed by atoms with Gasteiger partial charge < -0.3 is 5.32 Å². The van der Waals surface area contributed by atoms with Crippen molar-refractivity contribution in [3.05, 3.63) is 21.1 Å². The topological polar surface area (TPSA) is 81.0 Å². The molecule has 1 aromatic heterocycles. The van der Waals surface area contributed by atoms with E-state index in [1.807, 2.05) is 0 Å². The van der Waals surface area contributed by atoms with Gasteiger partial charge in [0.2, 0.25) is 11.1 Å². The van der Waals surface area contributed by atoms with Crippen molar-refractivity contribution < 1.29 is 4.92 Å². The second-order valence-electron chi connectivity index (χ2n) is 5.61. The molecule has 19 heavy (non-hydrogen) atoms. The number of anilines is 1. The number of aromatic nitrogens is 2. The van der Waals surface area contributed by atoms with Crippen molar-refractivity contribution >= 4 is 23.1 Å². The second kappa shape index (κ2) is 4.92. The van der Waals surface area contributed by atoms with Gasteiger partial charge in [-0.3, -0.25) is 10.1 Å². The second-order valence-corrected chi connectivity index (χ2v) is 5.95. The lowest BCUT2D eigenvalue weighted by Crippen LogP contribution is -2.31. The highest BCUT2D eigenvalue weighted by molar-refractivity contribution is 6.28. The van der Waals surface area contributed by atoms with Gasteiger partial charge >= 0.3 is 5.69 Å². The molecule has 0 bridgehead atoms. The molecule has 6 nitrogen and oxygen atoms in total. The highest BCUT2D eigenvalue weighted by Gasteiger charge is 2.36. The van der Waals surface area contributed by atoms with Gasteiger partial charge in [0.25, 0.3) is 0 Å². The highest BCUT2D eigenvalue weighted by atomic mass is 35.5. The van der Waals surface area contributed by atoms with Crippen LogP contribution < -0.4 is 5.32 Å². The summed E-state index contributed by atoms with van der Waals surface area (Å²) in [5, 5.41) is 14.3. The quantitative estimate of drug-likeness (QED) is 0.523. The first-order valence-corrected chi connectivity index (χ1v) is 6.64. The zero-order valence-corrected chi connectivity index (χ0v) is 12.0. The number of rotatable bonds is 3. The molecule has 1 unspecified atom stereocenters. The number of nitro groups is 1. The third-order valence-electron chi connectivity index (χ3n) is 3.78. The van der Waals surface area contributed by atoms with Gasteiger partial charge in [-0.15, -0.1) is 0 Å². The van der Waals surface area contributed by atoms with Crippen molar-refractivity contribution in [1.29, 1.82) is 0 Å². The zero-order chi connectivity index (χ0) is 14.2. The van der Waals surface area contributed by atoms with E-state index in [1.165, 1.54) is 0 Å². The van der Waals surface area contributed by atoms with Crippen molar-refractivity contribution in [1.82, 2.24) is 9.97 Å². The van der Waals surface area contributed by atoms with Crippen molar-refractivity contribution in [2.75, 3.05) is 5.32 Å². The Morgan fingerprint density at radius 2 is 2.16 bits per heavy atom. The smallest absolute Gasteiger partial charge is 0.332 e. The Bertz CT molecular complexity index is 519. The van der Waals surface area contributed by atoms with Crippen LogP contribution in [0.15, 0.2) is 0 Å². The molecule has 1 heterocycles. The number of halogens is 1. The summed E-state index contributed by atoms with van der Waals surface area (Å²) in [6.45, 7) is 5.87. The van der Waals surface area contributed by atoms with Gasteiger partial charge in [0.15, 0.2) is 0 Å². The largest absolute Gasteiger partial charge is 0.361 e. The first-order valence-electron chi connectivity index (χ1n) is 6.26. The minimum Gasteiger partial charge on any atom is -0.361 e. The molecule has 0 aromatic carbocycles. The molecule has 104 valence electrons. The molecule has 0 amide bonds. The van der Waals surface area contributed by atoms with E-state index in [4.69, 9.17) is 11.6 Å². The van der Waals surface area contributed by atoms with Crippen molar-refractivity contribution in [3.8, 4) is 0 Å². The minimum absolute atomic E-state index is 0.0291. The number of nitrogens with one attached hydrogen (secondary N) is 1. The van der Waals surface area contributed by atoms with E-state index in [2.05, 4.69) is 29.1 Å². The Kier molecular flexibility index (Phi) is 3.62. The van der Waals surface area contributed by atoms with Crippen LogP contribution in [0, 0.1) is 22.5 Å². The maximum absolute atomic E-state index is 11.1. The molecule has 0 saturated heterocycles. The van der Waals surface area contributed by atoms with Crippen LogP contribution in [-0.4, -0.2) is 20.9 Å². The Labute approximate surface area is 116 Å². The van der Waals surface area contributed by atoms with E-state index in [0.717, 1.165) is 19.3 Å². The summed E-state index contributed by atoms with van der Waals surface area (Å²) in [7, 11) is 0. The fraction of sp³-hybridized carbons (Fsp3) is 0.667. The summed E-state index contributed by atoms with van der Waals surface area (Å²) in [6, 6.07) is 0.163. The van der Waals surface area contributed by atoms with Gasteiger partial charge in [-0.05, 0) is 36.8 Å². The Morgan fingerprint density at radius 3 is 2.68 bits per heavy atom. The number of nitrogens with zero attached hydrogens (tertiary/aromatic N) is 3. The van der Waals surface area contributed by atoms with Crippen LogP contribution in [0.1, 0.15) is 38.8 Å². The average molecular weight is 285 g/mol. The third kappa shape index (κ3) is 2.78. The molecule has 1 aromatic rings. The van der Waals surface area contributed by atoms with E-state index >= 15 is 0 Å². The molecule has 2 rings (SSSR count). The molecule has 1 saturated carbocycles. The summed E-state index contributed by atoms with van der Waals surface area (Å²) in [5.41, 5.74) is 0.287. The molecule has 0 aliphatic heterocycles. The van der Waals surface area contributed by atoms with Crippen LogP contribution in [-0.2, 0) is 0 Å². The van der Waals surface area contributed by atoms with Gasteiger partial charge in [0, 0.05) is 6.04 Å². The fourth-order valence-corrected chi connectivity index (χ4v) is 2.82. The molecule has 0 radical (unpaired) electrons. The van der Waals surface area contributed by atoms with Crippen LogP contribution in [0.2, 0.25) is 5.28 Å². The van der Waals surface area contributed by atoms with Crippen LogP contribution in [0.5, 0.6) is 0 Å². The van der Waals surface area contributed by atoms with E-state index in [1.54, 1.807) is 6.92 Å².